The smallest absolute Gasteiger partial charge is 0.217 e. The highest BCUT2D eigenvalue weighted by atomic mass is 16.6. The first-order valence-electron chi connectivity index (χ1n) is 10.9. The van der Waals surface area contributed by atoms with Crippen LogP contribution in [0.4, 0.5) is 0 Å². The van der Waals surface area contributed by atoms with Crippen molar-refractivity contribution >= 4 is 5.91 Å². The molecule has 2 fully saturated rings. The summed E-state index contributed by atoms with van der Waals surface area (Å²) in [5.74, 6) is -0.739. The van der Waals surface area contributed by atoms with Crippen LogP contribution >= 0.6 is 0 Å². The number of aliphatic hydroxyl groups excluding tert-OH is 5. The Kier molecular flexibility index (Phi) is 9.65. The van der Waals surface area contributed by atoms with Crippen LogP contribution in [0.15, 0.2) is 0 Å². The predicted octanol–water partition coefficient (Wildman–Crippen LogP) is -1.45. The quantitative estimate of drug-likeness (QED) is 0.244. The van der Waals surface area contributed by atoms with Gasteiger partial charge in [0.1, 0.15) is 24.4 Å². The molecule has 0 radical (unpaired) electrons. The minimum absolute atomic E-state index is 0.0203. The van der Waals surface area contributed by atoms with E-state index in [2.05, 4.69) is 5.32 Å². The Morgan fingerprint density at radius 1 is 1.06 bits per heavy atom. The molecule has 9 atom stereocenters. The number of rotatable bonds is 8. The number of nitrogens with one attached hydrogen (secondary N) is 1. The third-order valence-corrected chi connectivity index (χ3v) is 6.14. The van der Waals surface area contributed by atoms with Gasteiger partial charge in [-0.2, -0.15) is 0 Å². The molecule has 2 rings (SSSR count). The van der Waals surface area contributed by atoms with Crippen LogP contribution in [0.3, 0.4) is 0 Å². The number of hydrogen-bond acceptors (Lipinski definition) is 9. The molecule has 0 spiro atoms. The van der Waals surface area contributed by atoms with Crippen LogP contribution in [0, 0.1) is 11.3 Å². The van der Waals surface area contributed by atoms with Crippen LogP contribution in [-0.2, 0) is 19.0 Å². The lowest BCUT2D eigenvalue weighted by Crippen LogP contribution is -2.62. The molecule has 2 aliphatic rings. The molecule has 6 N–H and O–H groups in total. The van der Waals surface area contributed by atoms with E-state index >= 15 is 0 Å². The number of carbonyl (C=O) groups excluding carboxylic acids is 1. The highest BCUT2D eigenvalue weighted by Crippen LogP contribution is 2.39. The van der Waals surface area contributed by atoms with Crippen molar-refractivity contribution in [2.24, 2.45) is 11.3 Å². The second-order valence-electron chi connectivity index (χ2n) is 9.59. The van der Waals surface area contributed by atoms with Crippen LogP contribution < -0.4 is 5.32 Å². The molecule has 2 aliphatic heterocycles. The van der Waals surface area contributed by atoms with Crippen LogP contribution in [0.1, 0.15) is 40.5 Å². The molecule has 10 nitrogen and oxygen atoms in total. The Labute approximate surface area is 183 Å². The summed E-state index contributed by atoms with van der Waals surface area (Å²) < 4.78 is 17.2. The topological polar surface area (TPSA) is 158 Å². The molecule has 182 valence electrons. The van der Waals surface area contributed by atoms with Gasteiger partial charge in [-0.05, 0) is 18.3 Å². The van der Waals surface area contributed by atoms with Crippen molar-refractivity contribution < 1.29 is 44.5 Å². The fraction of sp³-hybridized carbons (Fsp3) is 0.952. The zero-order chi connectivity index (χ0) is 23.3. The molecule has 2 saturated heterocycles. The van der Waals surface area contributed by atoms with Gasteiger partial charge in [-0.1, -0.05) is 20.8 Å². The third-order valence-electron chi connectivity index (χ3n) is 6.14. The first-order chi connectivity index (χ1) is 14.5. The molecule has 0 aromatic carbocycles. The lowest BCUT2D eigenvalue weighted by Gasteiger charge is -2.48. The zero-order valence-corrected chi connectivity index (χ0v) is 18.8. The van der Waals surface area contributed by atoms with E-state index in [0.29, 0.717) is 12.8 Å². The first-order valence-corrected chi connectivity index (χ1v) is 10.9. The number of carbonyl (C=O) groups is 1. The molecule has 0 bridgehead atoms. The second kappa shape index (κ2) is 11.3. The lowest BCUT2D eigenvalue weighted by atomic mass is 9.70. The van der Waals surface area contributed by atoms with Crippen LogP contribution in [0.25, 0.3) is 0 Å². The average molecular weight is 450 g/mol. The number of aliphatic hydroxyl groups is 5. The zero-order valence-electron chi connectivity index (χ0n) is 18.8. The standard InChI is InChI=1S/C21H39NO9/c1-11(25)22-17-12(26)10-30-15(9-24)20(17)29-7-5-6-13-18(27)19(28)16(21(2,3)4)14(8-23)31-13/h12-20,23-24,26-28H,5-10H2,1-4H3,(H,22,25)/t12-,13?,14-,15-,16-,17+,18+,19+,20-/m1/s1. The lowest BCUT2D eigenvalue weighted by molar-refractivity contribution is -0.230. The monoisotopic (exact) mass is 449 g/mol. The van der Waals surface area contributed by atoms with E-state index in [1.54, 1.807) is 0 Å². The summed E-state index contributed by atoms with van der Waals surface area (Å²) in [5.41, 5.74) is -0.359. The van der Waals surface area contributed by atoms with Crippen molar-refractivity contribution in [2.45, 2.75) is 89.3 Å². The van der Waals surface area contributed by atoms with E-state index in [-0.39, 0.29) is 37.7 Å². The molecule has 1 amide bonds. The number of hydrogen-bond donors (Lipinski definition) is 6. The Bertz CT molecular complexity index is 568. The molecule has 0 saturated carbocycles. The number of amides is 1. The van der Waals surface area contributed by atoms with E-state index in [1.165, 1.54) is 6.92 Å². The summed E-state index contributed by atoms with van der Waals surface area (Å²) in [4.78, 5) is 11.5. The van der Waals surface area contributed by atoms with Crippen LogP contribution in [0.5, 0.6) is 0 Å². The summed E-state index contributed by atoms with van der Waals surface area (Å²) in [6, 6.07) is -0.715. The molecule has 2 heterocycles. The van der Waals surface area contributed by atoms with Gasteiger partial charge in [0.25, 0.3) is 0 Å². The van der Waals surface area contributed by atoms with Gasteiger partial charge >= 0.3 is 0 Å². The summed E-state index contributed by atoms with van der Waals surface area (Å²) in [6.07, 6.45) is -4.95. The molecule has 0 aromatic heterocycles. The van der Waals surface area contributed by atoms with E-state index in [1.807, 2.05) is 20.8 Å². The summed E-state index contributed by atoms with van der Waals surface area (Å²) in [6.45, 7) is 6.72. The molecular weight excluding hydrogens is 410 g/mol. The maximum atomic E-state index is 11.5. The second-order valence-corrected chi connectivity index (χ2v) is 9.59. The fourth-order valence-electron chi connectivity index (χ4n) is 4.66. The van der Waals surface area contributed by atoms with Gasteiger partial charge < -0.3 is 45.1 Å². The average Bonchev–Trinajstić information content (AvgIpc) is 2.68. The van der Waals surface area contributed by atoms with Crippen molar-refractivity contribution in [1.82, 2.24) is 5.32 Å². The minimum Gasteiger partial charge on any atom is -0.394 e. The Hall–Kier alpha value is -0.850. The molecule has 0 aromatic rings. The van der Waals surface area contributed by atoms with Gasteiger partial charge in [0.05, 0.1) is 44.2 Å². The van der Waals surface area contributed by atoms with Crippen molar-refractivity contribution in [3.63, 3.8) is 0 Å². The van der Waals surface area contributed by atoms with Gasteiger partial charge in [0, 0.05) is 19.4 Å². The molecular formula is C21H39NO9. The SMILES string of the molecule is CC(=O)N[C@@H]1[C@H](OCCCC2O[C@H](CO)[C@@H](C(C)(C)C)[C@H](O)[C@H]2O)[C@@H](CO)OC[C@H]1O. The minimum atomic E-state index is -1.09. The van der Waals surface area contributed by atoms with Gasteiger partial charge in [-0.3, -0.25) is 4.79 Å². The molecule has 1 unspecified atom stereocenters. The van der Waals surface area contributed by atoms with Gasteiger partial charge in [0.2, 0.25) is 5.91 Å². The van der Waals surface area contributed by atoms with E-state index in [9.17, 15) is 30.3 Å². The molecule has 10 heteroatoms. The highest BCUT2D eigenvalue weighted by molar-refractivity contribution is 5.73. The highest BCUT2D eigenvalue weighted by Gasteiger charge is 2.48. The van der Waals surface area contributed by atoms with Gasteiger partial charge in [-0.25, -0.2) is 0 Å². The largest absolute Gasteiger partial charge is 0.394 e. The van der Waals surface area contributed by atoms with E-state index in [4.69, 9.17) is 14.2 Å². The Balaban J connectivity index is 1.93. The van der Waals surface area contributed by atoms with Crippen LogP contribution in [0.2, 0.25) is 0 Å². The van der Waals surface area contributed by atoms with Crippen molar-refractivity contribution in [1.29, 1.82) is 0 Å². The van der Waals surface area contributed by atoms with Gasteiger partial charge in [0.15, 0.2) is 0 Å². The molecule has 0 aliphatic carbocycles. The predicted molar refractivity (Wildman–Crippen MR) is 110 cm³/mol. The number of ether oxygens (including phenoxy) is 3. The fourth-order valence-corrected chi connectivity index (χ4v) is 4.66. The Morgan fingerprint density at radius 2 is 1.71 bits per heavy atom. The maximum Gasteiger partial charge on any atom is 0.217 e. The summed E-state index contributed by atoms with van der Waals surface area (Å²) >= 11 is 0. The van der Waals surface area contributed by atoms with E-state index in [0.717, 1.165) is 0 Å². The summed E-state index contributed by atoms with van der Waals surface area (Å²) in [7, 11) is 0. The summed E-state index contributed by atoms with van der Waals surface area (Å²) in [5, 5.41) is 53.3. The van der Waals surface area contributed by atoms with Crippen LogP contribution in [-0.4, -0.2) is 107 Å². The Morgan fingerprint density at radius 3 is 2.26 bits per heavy atom. The van der Waals surface area contributed by atoms with E-state index < -0.39 is 54.7 Å². The molecule has 31 heavy (non-hydrogen) atoms. The van der Waals surface area contributed by atoms with Crippen molar-refractivity contribution in [3.05, 3.63) is 0 Å². The first kappa shape index (κ1) is 26.4. The third kappa shape index (κ3) is 6.58. The normalized spacial score (nSPS) is 39.3. The van der Waals surface area contributed by atoms with Crippen molar-refractivity contribution in [3.8, 4) is 0 Å². The van der Waals surface area contributed by atoms with Crippen molar-refractivity contribution in [2.75, 3.05) is 26.4 Å². The van der Waals surface area contributed by atoms with Gasteiger partial charge in [-0.15, -0.1) is 0 Å². The maximum absolute atomic E-state index is 11.5.